The molecular formula is C33H25BrN2O3. The van der Waals surface area contributed by atoms with Gasteiger partial charge in [-0.1, -0.05) is 101 Å². The molecule has 6 heteroatoms. The highest BCUT2D eigenvalue weighted by Gasteiger charge is 2.33. The molecule has 0 aliphatic heterocycles. The lowest BCUT2D eigenvalue weighted by Crippen LogP contribution is -2.14. The summed E-state index contributed by atoms with van der Waals surface area (Å²) in [6.07, 6.45) is 0. The summed E-state index contributed by atoms with van der Waals surface area (Å²) in [6.45, 7) is 2.53. The highest BCUT2D eigenvalue weighted by Crippen LogP contribution is 2.40. The average molecular weight is 577 g/mol. The molecule has 0 radical (unpaired) electrons. The van der Waals surface area contributed by atoms with Gasteiger partial charge in [0.2, 0.25) is 5.78 Å². The molecule has 6 rings (SSSR count). The lowest BCUT2D eigenvalue weighted by Gasteiger charge is -2.11. The zero-order chi connectivity index (χ0) is 26.9. The Hall–Kier alpha value is -4.42. The number of rotatable bonds is 7. The standard InChI is InChI=1S/C33H25BrN2O3/c1-2-39-33(38)29-28(23-17-19-25(34)20-18-23)32-35(21-22-11-5-3-6-12-22)26-15-9-10-16-27(26)36(32)30(29)31(37)24-13-7-4-8-14-24/h3-20H,2,21H2,1H3. The second kappa shape index (κ2) is 10.4. The minimum absolute atomic E-state index is 0.197. The van der Waals surface area contributed by atoms with Crippen molar-refractivity contribution in [3.8, 4) is 11.1 Å². The molecule has 0 fully saturated rings. The van der Waals surface area contributed by atoms with Gasteiger partial charge in [-0.3, -0.25) is 9.20 Å². The summed E-state index contributed by atoms with van der Waals surface area (Å²) in [7, 11) is 0. The van der Waals surface area contributed by atoms with Gasteiger partial charge < -0.3 is 9.30 Å². The van der Waals surface area contributed by atoms with E-state index in [0.717, 1.165) is 32.3 Å². The number of aromatic nitrogens is 2. The van der Waals surface area contributed by atoms with Crippen LogP contribution in [0, 0.1) is 0 Å². The third-order valence-corrected chi connectivity index (χ3v) is 7.39. The normalized spacial score (nSPS) is 11.2. The van der Waals surface area contributed by atoms with Gasteiger partial charge in [0.05, 0.1) is 23.2 Å². The lowest BCUT2D eigenvalue weighted by molar-refractivity contribution is 0.0524. The molecular weight excluding hydrogens is 552 g/mol. The molecule has 0 spiro atoms. The number of ketones is 1. The zero-order valence-corrected chi connectivity index (χ0v) is 22.9. The number of carbonyl (C=O) groups excluding carboxylic acids is 2. The van der Waals surface area contributed by atoms with E-state index < -0.39 is 5.97 Å². The molecule has 0 aliphatic carbocycles. The second-order valence-electron chi connectivity index (χ2n) is 9.24. The van der Waals surface area contributed by atoms with Gasteiger partial charge in [0.15, 0.2) is 0 Å². The van der Waals surface area contributed by atoms with Crippen LogP contribution >= 0.6 is 15.9 Å². The van der Waals surface area contributed by atoms with Crippen LogP contribution in [0.1, 0.15) is 38.9 Å². The smallest absolute Gasteiger partial charge is 0.341 e. The van der Waals surface area contributed by atoms with E-state index in [1.54, 1.807) is 19.1 Å². The van der Waals surface area contributed by atoms with Crippen LogP contribution in [0.4, 0.5) is 0 Å². The van der Waals surface area contributed by atoms with E-state index in [4.69, 9.17) is 4.74 Å². The Morgan fingerprint density at radius 1 is 0.769 bits per heavy atom. The number of imidazole rings is 1. The van der Waals surface area contributed by atoms with Gasteiger partial charge in [0.25, 0.3) is 0 Å². The topological polar surface area (TPSA) is 52.7 Å². The zero-order valence-electron chi connectivity index (χ0n) is 21.3. The Kier molecular flexibility index (Phi) is 6.63. The third kappa shape index (κ3) is 4.37. The van der Waals surface area contributed by atoms with E-state index in [0.29, 0.717) is 23.4 Å². The Labute approximate surface area is 234 Å². The van der Waals surface area contributed by atoms with Crippen molar-refractivity contribution >= 4 is 44.4 Å². The molecule has 0 aliphatic rings. The molecule has 192 valence electrons. The Morgan fingerprint density at radius 3 is 2.05 bits per heavy atom. The summed E-state index contributed by atoms with van der Waals surface area (Å²) < 4.78 is 10.6. The van der Waals surface area contributed by atoms with Gasteiger partial charge in [-0.15, -0.1) is 0 Å². The minimum Gasteiger partial charge on any atom is -0.462 e. The Balaban J connectivity index is 1.79. The molecule has 0 saturated heterocycles. The van der Waals surface area contributed by atoms with Gasteiger partial charge in [-0.05, 0) is 42.3 Å². The SMILES string of the molecule is CCOC(=O)c1c(-c2ccc(Br)cc2)c2n(Cc3ccccc3)c3ccccc3n2c1C(=O)c1ccccc1. The van der Waals surface area contributed by atoms with Crippen LogP contribution in [0.5, 0.6) is 0 Å². The molecule has 0 N–H and O–H groups in total. The molecule has 39 heavy (non-hydrogen) atoms. The fraction of sp³-hybridized carbons (Fsp3) is 0.0909. The maximum atomic E-state index is 14.3. The van der Waals surface area contributed by atoms with Crippen molar-refractivity contribution in [3.05, 3.63) is 136 Å². The first-order valence-electron chi connectivity index (χ1n) is 12.8. The van der Waals surface area contributed by atoms with Crippen LogP contribution in [-0.2, 0) is 11.3 Å². The van der Waals surface area contributed by atoms with Gasteiger partial charge >= 0.3 is 5.97 Å². The summed E-state index contributed by atoms with van der Waals surface area (Å²) >= 11 is 3.53. The summed E-state index contributed by atoms with van der Waals surface area (Å²) in [5.74, 6) is -0.756. The van der Waals surface area contributed by atoms with Crippen molar-refractivity contribution in [2.24, 2.45) is 0 Å². The lowest BCUT2D eigenvalue weighted by atomic mass is 9.98. The van der Waals surface area contributed by atoms with Gasteiger partial charge in [0, 0.05) is 22.1 Å². The van der Waals surface area contributed by atoms with Crippen molar-refractivity contribution in [3.63, 3.8) is 0 Å². The summed E-state index contributed by atoms with van der Waals surface area (Å²) in [6, 6.07) is 35.1. The number of hydrogen-bond acceptors (Lipinski definition) is 3. The average Bonchev–Trinajstić information content (AvgIpc) is 3.48. The minimum atomic E-state index is -0.520. The predicted octanol–water partition coefficient (Wildman–Crippen LogP) is 7.78. The first kappa shape index (κ1) is 24.9. The molecule has 2 aromatic heterocycles. The largest absolute Gasteiger partial charge is 0.462 e. The number of hydrogen-bond donors (Lipinski definition) is 0. The molecule has 0 unspecified atom stereocenters. The first-order chi connectivity index (χ1) is 19.1. The second-order valence-corrected chi connectivity index (χ2v) is 10.2. The van der Waals surface area contributed by atoms with Crippen molar-refractivity contribution in [1.29, 1.82) is 0 Å². The van der Waals surface area contributed by atoms with Crippen molar-refractivity contribution in [2.75, 3.05) is 6.61 Å². The van der Waals surface area contributed by atoms with Gasteiger partial charge in [0.1, 0.15) is 11.3 Å². The van der Waals surface area contributed by atoms with Crippen molar-refractivity contribution < 1.29 is 14.3 Å². The molecule has 2 heterocycles. The first-order valence-corrected chi connectivity index (χ1v) is 13.6. The summed E-state index contributed by atoms with van der Waals surface area (Å²) in [5, 5.41) is 0. The van der Waals surface area contributed by atoms with E-state index in [2.05, 4.69) is 38.7 Å². The summed E-state index contributed by atoms with van der Waals surface area (Å²) in [5.41, 5.74) is 6.26. The van der Waals surface area contributed by atoms with Crippen molar-refractivity contribution in [2.45, 2.75) is 13.5 Å². The number of carbonyl (C=O) groups is 2. The number of benzene rings is 4. The Morgan fingerprint density at radius 2 is 1.38 bits per heavy atom. The molecule has 5 nitrogen and oxygen atoms in total. The number of halogens is 1. The number of ether oxygens (including phenoxy) is 1. The number of esters is 1. The maximum Gasteiger partial charge on any atom is 0.341 e. The molecule has 0 saturated carbocycles. The van der Waals surface area contributed by atoms with Gasteiger partial charge in [-0.2, -0.15) is 0 Å². The van der Waals surface area contributed by atoms with Crippen LogP contribution in [0.25, 0.3) is 27.8 Å². The molecule has 0 atom stereocenters. The molecule has 0 amide bonds. The maximum absolute atomic E-state index is 14.3. The van der Waals surface area contributed by atoms with Gasteiger partial charge in [-0.25, -0.2) is 4.79 Å². The fourth-order valence-electron chi connectivity index (χ4n) is 5.20. The highest BCUT2D eigenvalue weighted by molar-refractivity contribution is 9.10. The predicted molar refractivity (Wildman–Crippen MR) is 157 cm³/mol. The monoisotopic (exact) mass is 576 g/mol. The van der Waals surface area contributed by atoms with E-state index in [-0.39, 0.29) is 18.0 Å². The highest BCUT2D eigenvalue weighted by atomic mass is 79.9. The van der Waals surface area contributed by atoms with Crippen molar-refractivity contribution in [1.82, 2.24) is 8.97 Å². The van der Waals surface area contributed by atoms with Crippen LogP contribution < -0.4 is 0 Å². The fourth-order valence-corrected chi connectivity index (χ4v) is 5.47. The van der Waals surface area contributed by atoms with E-state index in [1.165, 1.54) is 0 Å². The van der Waals surface area contributed by atoms with Crippen LogP contribution in [0.2, 0.25) is 0 Å². The van der Waals surface area contributed by atoms with E-state index >= 15 is 0 Å². The molecule has 0 bridgehead atoms. The number of fused-ring (bicyclic) bond motifs is 3. The number of nitrogens with zero attached hydrogens (tertiary/aromatic N) is 2. The van der Waals surface area contributed by atoms with Crippen LogP contribution in [0.3, 0.4) is 0 Å². The molecule has 6 aromatic rings. The Bertz CT molecular complexity index is 1820. The molecule has 4 aromatic carbocycles. The van der Waals surface area contributed by atoms with Crippen LogP contribution in [0.15, 0.2) is 114 Å². The third-order valence-electron chi connectivity index (χ3n) is 6.86. The summed E-state index contributed by atoms with van der Waals surface area (Å²) in [4.78, 5) is 28.0. The number of para-hydroxylation sites is 2. The van der Waals surface area contributed by atoms with E-state index in [9.17, 15) is 9.59 Å². The van der Waals surface area contributed by atoms with Crippen LogP contribution in [-0.4, -0.2) is 27.3 Å². The van der Waals surface area contributed by atoms with E-state index in [1.807, 2.05) is 83.3 Å². The quantitative estimate of drug-likeness (QED) is 0.144.